The number of halogens is 3. The second-order valence-electron chi connectivity index (χ2n) is 2.89. The molecule has 0 bridgehead atoms. The van der Waals surface area contributed by atoms with Gasteiger partial charge in [0.2, 0.25) is 0 Å². The third-order valence-electron chi connectivity index (χ3n) is 1.93. The lowest BCUT2D eigenvalue weighted by Crippen LogP contribution is -1.83. The molecule has 0 spiro atoms. The molecule has 0 N–H and O–H groups in total. The highest BCUT2D eigenvalue weighted by atomic mass is 79.9. The van der Waals surface area contributed by atoms with Crippen LogP contribution in [0.15, 0.2) is 30.3 Å². The van der Waals surface area contributed by atoms with Crippen LogP contribution in [0.4, 0.5) is 0 Å². The summed E-state index contributed by atoms with van der Waals surface area (Å²) in [6.07, 6.45) is 0. The first-order valence-corrected chi connectivity index (χ1v) is 6.22. The molecule has 0 atom stereocenters. The van der Waals surface area contributed by atoms with Crippen molar-refractivity contribution in [3.05, 3.63) is 41.0 Å². The average molecular weight is 335 g/mol. The summed E-state index contributed by atoms with van der Waals surface area (Å²) in [5.74, 6) is 0. The molecule has 1 aromatic heterocycles. The molecule has 0 radical (unpaired) electrons. The van der Waals surface area contributed by atoms with Gasteiger partial charge in [0.15, 0.2) is 0 Å². The first-order chi connectivity index (χ1) is 6.66. The first-order valence-electron chi connectivity index (χ1n) is 4.01. The van der Waals surface area contributed by atoms with Crippen molar-refractivity contribution in [2.75, 3.05) is 0 Å². The van der Waals surface area contributed by atoms with Crippen molar-refractivity contribution in [3.8, 4) is 0 Å². The Hall–Kier alpha value is -0.120. The fourth-order valence-electron chi connectivity index (χ4n) is 1.25. The second kappa shape index (κ2) is 4.17. The number of rotatable bonds is 1. The zero-order valence-electron chi connectivity index (χ0n) is 7.05. The summed E-state index contributed by atoms with van der Waals surface area (Å²) in [7, 11) is 0. The van der Waals surface area contributed by atoms with Crippen molar-refractivity contribution in [2.45, 2.75) is 3.74 Å². The topological polar surface area (TPSA) is 12.9 Å². The van der Waals surface area contributed by atoms with Gasteiger partial charge in [-0.2, -0.15) is 0 Å². The molecule has 0 saturated heterocycles. The van der Waals surface area contributed by atoms with E-state index in [-0.39, 0.29) is 3.74 Å². The van der Waals surface area contributed by atoms with Crippen molar-refractivity contribution in [3.63, 3.8) is 0 Å². The minimum atomic E-state index is 0.176. The van der Waals surface area contributed by atoms with E-state index >= 15 is 0 Å². The molecule has 2 rings (SSSR count). The average Bonchev–Trinajstić information content (AvgIpc) is 2.16. The Morgan fingerprint density at radius 2 is 1.93 bits per heavy atom. The Balaban J connectivity index is 2.62. The van der Waals surface area contributed by atoms with Gasteiger partial charge in [-0.05, 0) is 29.8 Å². The molecule has 0 aliphatic heterocycles. The lowest BCUT2D eigenvalue weighted by Gasteiger charge is -2.03. The molecule has 14 heavy (non-hydrogen) atoms. The van der Waals surface area contributed by atoms with Crippen LogP contribution in [-0.4, -0.2) is 4.98 Å². The first kappa shape index (κ1) is 10.4. The van der Waals surface area contributed by atoms with E-state index in [2.05, 4.69) is 42.9 Å². The summed E-state index contributed by atoms with van der Waals surface area (Å²) >= 11 is 12.7. The molecule has 72 valence electrons. The standard InChI is InChI=1S/C10H6Br2ClN/c11-10(12)7-1-3-8-6(5-7)2-4-9(13)14-8/h1-5,10H. The van der Waals surface area contributed by atoms with Crippen LogP contribution in [-0.2, 0) is 0 Å². The number of nitrogens with zero attached hydrogens (tertiary/aromatic N) is 1. The summed E-state index contributed by atoms with van der Waals surface area (Å²) < 4.78 is 0.176. The summed E-state index contributed by atoms with van der Waals surface area (Å²) in [5.41, 5.74) is 2.09. The Morgan fingerprint density at radius 3 is 2.64 bits per heavy atom. The second-order valence-corrected chi connectivity index (χ2v) is 6.33. The van der Waals surface area contributed by atoms with E-state index in [4.69, 9.17) is 11.6 Å². The molecule has 1 heterocycles. The van der Waals surface area contributed by atoms with Crippen molar-refractivity contribution in [1.29, 1.82) is 0 Å². The third kappa shape index (κ3) is 2.10. The Morgan fingerprint density at radius 1 is 1.14 bits per heavy atom. The van der Waals surface area contributed by atoms with E-state index in [9.17, 15) is 0 Å². The van der Waals surface area contributed by atoms with E-state index in [1.807, 2.05) is 18.2 Å². The zero-order chi connectivity index (χ0) is 10.1. The van der Waals surface area contributed by atoms with Gasteiger partial charge in [-0.3, -0.25) is 0 Å². The van der Waals surface area contributed by atoms with Gasteiger partial charge >= 0.3 is 0 Å². The monoisotopic (exact) mass is 333 g/mol. The number of hydrogen-bond acceptors (Lipinski definition) is 1. The molecule has 2 aromatic rings. The largest absolute Gasteiger partial charge is 0.236 e. The van der Waals surface area contributed by atoms with Gasteiger partial charge in [-0.15, -0.1) is 0 Å². The van der Waals surface area contributed by atoms with Crippen molar-refractivity contribution < 1.29 is 0 Å². The lowest BCUT2D eigenvalue weighted by atomic mass is 10.1. The lowest BCUT2D eigenvalue weighted by molar-refractivity contribution is 1.38. The maximum Gasteiger partial charge on any atom is 0.129 e. The van der Waals surface area contributed by atoms with Crippen LogP contribution in [0.3, 0.4) is 0 Å². The van der Waals surface area contributed by atoms with Gasteiger partial charge in [-0.1, -0.05) is 49.5 Å². The SMILES string of the molecule is Clc1ccc2cc(C(Br)Br)ccc2n1. The minimum Gasteiger partial charge on any atom is -0.236 e. The maximum absolute atomic E-state index is 5.79. The molecule has 0 saturated carbocycles. The van der Waals surface area contributed by atoms with Crippen LogP contribution in [0.5, 0.6) is 0 Å². The van der Waals surface area contributed by atoms with Crippen LogP contribution >= 0.6 is 43.5 Å². The van der Waals surface area contributed by atoms with E-state index in [0.717, 1.165) is 10.9 Å². The summed E-state index contributed by atoms with van der Waals surface area (Å²) in [6, 6.07) is 9.82. The minimum absolute atomic E-state index is 0.176. The van der Waals surface area contributed by atoms with Crippen molar-refractivity contribution >= 4 is 54.4 Å². The fourth-order valence-corrected chi connectivity index (χ4v) is 1.98. The fraction of sp³-hybridized carbons (Fsp3) is 0.100. The Labute approximate surface area is 104 Å². The number of benzene rings is 1. The molecular formula is C10H6Br2ClN. The molecular weight excluding hydrogens is 329 g/mol. The quantitative estimate of drug-likeness (QED) is 0.545. The van der Waals surface area contributed by atoms with Gasteiger partial charge in [0.1, 0.15) is 5.15 Å². The van der Waals surface area contributed by atoms with Crippen LogP contribution in [0.25, 0.3) is 10.9 Å². The Bertz CT molecular complexity index is 471. The molecule has 0 fully saturated rings. The molecule has 0 aliphatic rings. The highest BCUT2D eigenvalue weighted by molar-refractivity contribution is 9.24. The highest BCUT2D eigenvalue weighted by Gasteiger charge is 2.03. The van der Waals surface area contributed by atoms with E-state index in [0.29, 0.717) is 5.15 Å². The number of fused-ring (bicyclic) bond motifs is 1. The van der Waals surface area contributed by atoms with Crippen LogP contribution in [0.1, 0.15) is 9.30 Å². The van der Waals surface area contributed by atoms with Crippen LogP contribution < -0.4 is 0 Å². The van der Waals surface area contributed by atoms with Gasteiger partial charge in [0.05, 0.1) is 9.25 Å². The number of aromatic nitrogens is 1. The number of pyridine rings is 1. The highest BCUT2D eigenvalue weighted by Crippen LogP contribution is 2.30. The Kier molecular flexibility index (Phi) is 3.10. The van der Waals surface area contributed by atoms with E-state index < -0.39 is 0 Å². The zero-order valence-corrected chi connectivity index (χ0v) is 11.0. The predicted molar refractivity (Wildman–Crippen MR) is 67.3 cm³/mol. The smallest absolute Gasteiger partial charge is 0.129 e. The number of hydrogen-bond donors (Lipinski definition) is 0. The van der Waals surface area contributed by atoms with Gasteiger partial charge in [-0.25, -0.2) is 4.98 Å². The summed E-state index contributed by atoms with van der Waals surface area (Å²) in [6.45, 7) is 0. The van der Waals surface area contributed by atoms with Crippen LogP contribution in [0.2, 0.25) is 5.15 Å². The van der Waals surface area contributed by atoms with E-state index in [1.165, 1.54) is 5.56 Å². The van der Waals surface area contributed by atoms with Crippen molar-refractivity contribution in [1.82, 2.24) is 4.98 Å². The van der Waals surface area contributed by atoms with E-state index in [1.54, 1.807) is 6.07 Å². The van der Waals surface area contributed by atoms with Gasteiger partial charge < -0.3 is 0 Å². The van der Waals surface area contributed by atoms with Gasteiger partial charge in [0, 0.05) is 5.39 Å². The molecule has 0 amide bonds. The molecule has 0 unspecified atom stereocenters. The third-order valence-corrected chi connectivity index (χ3v) is 3.20. The molecule has 1 aromatic carbocycles. The normalized spacial score (nSPS) is 11.1. The number of alkyl halides is 2. The molecule has 4 heteroatoms. The van der Waals surface area contributed by atoms with Gasteiger partial charge in [0.25, 0.3) is 0 Å². The van der Waals surface area contributed by atoms with Crippen molar-refractivity contribution in [2.24, 2.45) is 0 Å². The molecule has 1 nitrogen and oxygen atoms in total. The summed E-state index contributed by atoms with van der Waals surface area (Å²) in [5, 5.41) is 1.62. The predicted octanol–water partition coefficient (Wildman–Crippen LogP) is 4.68. The maximum atomic E-state index is 5.79. The summed E-state index contributed by atoms with van der Waals surface area (Å²) in [4.78, 5) is 4.21. The molecule has 0 aliphatic carbocycles. The van der Waals surface area contributed by atoms with Crippen LogP contribution in [0, 0.1) is 0 Å².